The summed E-state index contributed by atoms with van der Waals surface area (Å²) >= 11 is 0. The van der Waals surface area contributed by atoms with Crippen LogP contribution in [-0.2, 0) is 4.74 Å². The van der Waals surface area contributed by atoms with E-state index in [9.17, 15) is 14.9 Å². The molecule has 0 aromatic heterocycles. The summed E-state index contributed by atoms with van der Waals surface area (Å²) in [6.45, 7) is 11.0. The number of hydrogen-bond donors (Lipinski definition) is 2. The van der Waals surface area contributed by atoms with Crippen molar-refractivity contribution in [3.63, 3.8) is 0 Å². The summed E-state index contributed by atoms with van der Waals surface area (Å²) in [5, 5.41) is 17.7. The van der Waals surface area contributed by atoms with Crippen molar-refractivity contribution in [2.24, 2.45) is 0 Å². The summed E-state index contributed by atoms with van der Waals surface area (Å²) < 4.78 is 5.36. The number of nitrogens with zero attached hydrogens (tertiary/aromatic N) is 1. The fourth-order valence-electron chi connectivity index (χ4n) is 2.97. The van der Waals surface area contributed by atoms with E-state index in [1.165, 1.54) is 0 Å². The molecule has 1 amide bonds. The lowest BCUT2D eigenvalue weighted by molar-refractivity contribution is -0.384. The number of ether oxygens (including phenoxy) is 1. The Balaban J connectivity index is 2.37. The minimum atomic E-state index is -0.619. The molecule has 7 nitrogen and oxygen atoms in total. The first kappa shape index (κ1) is 22.2. The van der Waals surface area contributed by atoms with Crippen LogP contribution in [0.1, 0.15) is 50.4 Å². The van der Waals surface area contributed by atoms with Crippen LogP contribution in [0.3, 0.4) is 0 Å². The van der Waals surface area contributed by atoms with Crippen molar-refractivity contribution in [2.75, 3.05) is 5.32 Å². The number of nitro benzene ring substituents is 1. The van der Waals surface area contributed by atoms with Gasteiger partial charge in [-0.3, -0.25) is 10.1 Å². The van der Waals surface area contributed by atoms with E-state index in [1.807, 2.05) is 51.1 Å². The Morgan fingerprint density at radius 1 is 1.10 bits per heavy atom. The molecule has 0 aliphatic rings. The molecule has 0 radical (unpaired) electrons. The molecule has 0 heterocycles. The number of alkyl carbamates (subject to hydrolysis) is 1. The number of hydrogen-bond acceptors (Lipinski definition) is 5. The van der Waals surface area contributed by atoms with Gasteiger partial charge in [-0.05, 0) is 64.3 Å². The Bertz CT molecular complexity index is 876. The normalized spacial score (nSPS) is 13.3. The van der Waals surface area contributed by atoms with Gasteiger partial charge in [0.15, 0.2) is 0 Å². The Morgan fingerprint density at radius 2 is 1.69 bits per heavy atom. The quantitative estimate of drug-likeness (QED) is 0.509. The van der Waals surface area contributed by atoms with Crippen molar-refractivity contribution in [3.05, 3.63) is 69.3 Å². The molecule has 7 heteroatoms. The van der Waals surface area contributed by atoms with Gasteiger partial charge in [0, 0.05) is 6.07 Å². The van der Waals surface area contributed by atoms with Crippen molar-refractivity contribution >= 4 is 17.5 Å². The molecule has 2 N–H and O–H groups in total. The third-order valence-electron chi connectivity index (χ3n) is 4.52. The predicted octanol–water partition coefficient (Wildman–Crippen LogP) is 5.28. The summed E-state index contributed by atoms with van der Waals surface area (Å²) in [4.78, 5) is 23.4. The molecule has 2 aromatic rings. The lowest BCUT2D eigenvalue weighted by Gasteiger charge is -2.29. The topological polar surface area (TPSA) is 93.5 Å². The SMILES string of the molecule is Cc1cc(NC(c2ccccc2)C(C)NC(=O)OC(C)(C)C)c([N+](=O)[O-])cc1C. The number of nitrogens with one attached hydrogen (secondary N) is 2. The Morgan fingerprint density at radius 3 is 2.24 bits per heavy atom. The van der Waals surface area contributed by atoms with Crippen LogP contribution in [0, 0.1) is 24.0 Å². The predicted molar refractivity (Wildman–Crippen MR) is 114 cm³/mol. The zero-order chi connectivity index (χ0) is 21.8. The first-order chi connectivity index (χ1) is 13.5. The molecule has 0 aliphatic heterocycles. The standard InChI is InChI=1S/C22H29N3O4/c1-14-12-18(19(25(27)28)13-15(14)2)24-20(17-10-8-7-9-11-17)16(3)23-21(26)29-22(4,5)6/h7-13,16,20,24H,1-6H3,(H,23,26). The fraction of sp³-hybridized carbons (Fsp3) is 0.409. The van der Waals surface area contributed by atoms with Crippen LogP contribution >= 0.6 is 0 Å². The summed E-state index contributed by atoms with van der Waals surface area (Å²) in [7, 11) is 0. The second kappa shape index (κ2) is 8.94. The highest BCUT2D eigenvalue weighted by molar-refractivity contribution is 5.69. The molecule has 2 atom stereocenters. The summed E-state index contributed by atoms with van der Waals surface area (Å²) in [6.07, 6.45) is -0.540. The first-order valence-electron chi connectivity index (χ1n) is 9.54. The number of aryl methyl sites for hydroxylation is 2. The summed E-state index contributed by atoms with van der Waals surface area (Å²) in [5.41, 5.74) is 2.47. The van der Waals surface area contributed by atoms with Gasteiger partial charge < -0.3 is 15.4 Å². The largest absolute Gasteiger partial charge is 0.444 e. The number of anilines is 1. The minimum Gasteiger partial charge on any atom is -0.444 e. The molecule has 2 unspecified atom stereocenters. The molecular formula is C22H29N3O4. The average Bonchev–Trinajstić information content (AvgIpc) is 2.60. The maximum Gasteiger partial charge on any atom is 0.407 e. The molecule has 2 rings (SSSR count). The Kier molecular flexibility index (Phi) is 6.84. The van der Waals surface area contributed by atoms with E-state index in [-0.39, 0.29) is 5.69 Å². The molecule has 2 aromatic carbocycles. The lowest BCUT2D eigenvalue weighted by atomic mass is 9.99. The van der Waals surface area contributed by atoms with Crippen LogP contribution in [0.15, 0.2) is 42.5 Å². The van der Waals surface area contributed by atoms with Gasteiger partial charge in [0.05, 0.1) is 17.0 Å². The van der Waals surface area contributed by atoms with Crippen molar-refractivity contribution in [1.82, 2.24) is 5.32 Å². The van der Waals surface area contributed by atoms with Gasteiger partial charge in [0.1, 0.15) is 11.3 Å². The van der Waals surface area contributed by atoms with Gasteiger partial charge in [-0.1, -0.05) is 30.3 Å². The molecule has 0 saturated carbocycles. The van der Waals surface area contributed by atoms with Gasteiger partial charge in [-0.2, -0.15) is 0 Å². The third-order valence-corrected chi connectivity index (χ3v) is 4.52. The average molecular weight is 399 g/mol. The maximum atomic E-state index is 12.3. The van der Waals surface area contributed by atoms with Crippen molar-refractivity contribution in [1.29, 1.82) is 0 Å². The number of benzene rings is 2. The smallest absolute Gasteiger partial charge is 0.407 e. The van der Waals surface area contributed by atoms with Crippen LogP contribution in [0.5, 0.6) is 0 Å². The highest BCUT2D eigenvalue weighted by Gasteiger charge is 2.26. The molecule has 29 heavy (non-hydrogen) atoms. The van der Waals surface area contributed by atoms with Crippen LogP contribution in [0.2, 0.25) is 0 Å². The highest BCUT2D eigenvalue weighted by Crippen LogP contribution is 2.32. The zero-order valence-corrected chi connectivity index (χ0v) is 17.8. The maximum absolute atomic E-state index is 12.3. The van der Waals surface area contributed by atoms with E-state index in [0.29, 0.717) is 5.69 Å². The zero-order valence-electron chi connectivity index (χ0n) is 17.8. The van der Waals surface area contributed by atoms with Gasteiger partial charge in [0.2, 0.25) is 0 Å². The molecule has 0 saturated heterocycles. The summed E-state index contributed by atoms with van der Waals surface area (Å²) in [6, 6.07) is 12.0. The molecule has 0 bridgehead atoms. The number of rotatable bonds is 6. The van der Waals surface area contributed by atoms with Gasteiger partial charge in [-0.15, -0.1) is 0 Å². The first-order valence-corrected chi connectivity index (χ1v) is 9.54. The number of amides is 1. The molecule has 156 valence electrons. The molecule has 0 fully saturated rings. The lowest BCUT2D eigenvalue weighted by Crippen LogP contribution is -2.42. The van der Waals surface area contributed by atoms with Crippen molar-refractivity contribution < 1.29 is 14.5 Å². The van der Waals surface area contributed by atoms with Crippen LogP contribution in [0.25, 0.3) is 0 Å². The monoisotopic (exact) mass is 399 g/mol. The van der Waals surface area contributed by atoms with Crippen molar-refractivity contribution in [2.45, 2.75) is 59.2 Å². The second-order valence-electron chi connectivity index (χ2n) is 8.18. The molecule has 0 aliphatic carbocycles. The number of carbonyl (C=O) groups excluding carboxylic acids is 1. The van der Waals surface area contributed by atoms with Crippen LogP contribution < -0.4 is 10.6 Å². The van der Waals surface area contributed by atoms with Crippen molar-refractivity contribution in [3.8, 4) is 0 Å². The Labute approximate surface area is 171 Å². The van der Waals surface area contributed by atoms with Crippen LogP contribution in [-0.4, -0.2) is 22.7 Å². The highest BCUT2D eigenvalue weighted by atomic mass is 16.6. The third kappa shape index (κ3) is 6.20. The van der Waals surface area contributed by atoms with E-state index < -0.39 is 28.7 Å². The van der Waals surface area contributed by atoms with E-state index in [0.717, 1.165) is 16.7 Å². The van der Waals surface area contributed by atoms with E-state index in [4.69, 9.17) is 4.74 Å². The van der Waals surface area contributed by atoms with E-state index >= 15 is 0 Å². The minimum absolute atomic E-state index is 0.00139. The van der Waals surface area contributed by atoms with E-state index in [2.05, 4.69) is 10.6 Å². The second-order valence-corrected chi connectivity index (χ2v) is 8.18. The molecular weight excluding hydrogens is 370 g/mol. The Hall–Kier alpha value is -3.09. The van der Waals surface area contributed by atoms with E-state index in [1.54, 1.807) is 32.9 Å². The summed E-state index contributed by atoms with van der Waals surface area (Å²) in [5.74, 6) is 0. The van der Waals surface area contributed by atoms with Gasteiger partial charge >= 0.3 is 6.09 Å². The number of nitro groups is 1. The van der Waals surface area contributed by atoms with Crippen LogP contribution in [0.4, 0.5) is 16.2 Å². The van der Waals surface area contributed by atoms with Gasteiger partial charge in [-0.25, -0.2) is 4.79 Å². The molecule has 0 spiro atoms. The van der Waals surface area contributed by atoms with Gasteiger partial charge in [0.25, 0.3) is 5.69 Å². The number of carbonyl (C=O) groups is 1. The fourth-order valence-corrected chi connectivity index (χ4v) is 2.97.